The number of halogens is 2. The summed E-state index contributed by atoms with van der Waals surface area (Å²) >= 11 is 7.34. The number of aromatic nitrogens is 1. The first-order valence-electron chi connectivity index (χ1n) is 6.68. The minimum absolute atomic E-state index is 0.323. The van der Waals surface area contributed by atoms with Crippen molar-refractivity contribution in [1.82, 2.24) is 10.3 Å². The Morgan fingerprint density at radius 1 is 1.40 bits per heavy atom. The van der Waals surface area contributed by atoms with Gasteiger partial charge in [-0.15, -0.1) is 11.3 Å². The smallest absolute Gasteiger partial charge is 0.134 e. The molecular weight excluding hydrogens is 295 g/mol. The van der Waals surface area contributed by atoms with Crippen LogP contribution in [0.2, 0.25) is 5.02 Å². The van der Waals surface area contributed by atoms with Gasteiger partial charge in [-0.1, -0.05) is 32.4 Å². The Balaban J connectivity index is 2.41. The molecule has 0 saturated carbocycles. The summed E-state index contributed by atoms with van der Waals surface area (Å²) in [6.45, 7) is 7.95. The first-order chi connectivity index (χ1) is 9.52. The number of hydrogen-bond acceptors (Lipinski definition) is 3. The molecule has 0 spiro atoms. The summed E-state index contributed by atoms with van der Waals surface area (Å²) in [5.41, 5.74) is 1.56. The molecule has 0 unspecified atom stereocenters. The quantitative estimate of drug-likeness (QED) is 0.855. The average molecular weight is 313 g/mol. The maximum atomic E-state index is 14.0. The van der Waals surface area contributed by atoms with Gasteiger partial charge in [0.15, 0.2) is 0 Å². The summed E-state index contributed by atoms with van der Waals surface area (Å²) < 4.78 is 14.0. The van der Waals surface area contributed by atoms with Gasteiger partial charge < -0.3 is 5.32 Å². The van der Waals surface area contributed by atoms with Crippen molar-refractivity contribution >= 4 is 22.9 Å². The minimum atomic E-state index is -0.323. The van der Waals surface area contributed by atoms with E-state index in [1.165, 1.54) is 10.9 Å². The predicted octanol–water partition coefficient (Wildman–Crippen LogP) is 4.84. The van der Waals surface area contributed by atoms with Crippen LogP contribution in [-0.2, 0) is 6.54 Å². The maximum absolute atomic E-state index is 14.0. The predicted molar refractivity (Wildman–Crippen MR) is 84.0 cm³/mol. The molecule has 0 aliphatic heterocycles. The number of nitrogens with zero attached hydrogens (tertiary/aromatic N) is 1. The van der Waals surface area contributed by atoms with Crippen molar-refractivity contribution in [1.29, 1.82) is 0 Å². The standard InChI is InChI=1S/C15H18ClFN2S/c1-4-18-8-13-14(9(2)3)19-15(20-13)11-6-5-10(16)7-12(11)17/h5-7,9,18H,4,8H2,1-3H3. The van der Waals surface area contributed by atoms with Crippen molar-refractivity contribution in [3.05, 3.63) is 39.6 Å². The largest absolute Gasteiger partial charge is 0.312 e. The lowest BCUT2D eigenvalue weighted by Crippen LogP contribution is -2.12. The highest BCUT2D eigenvalue weighted by atomic mass is 35.5. The molecule has 20 heavy (non-hydrogen) atoms. The van der Waals surface area contributed by atoms with Gasteiger partial charge in [-0.25, -0.2) is 9.37 Å². The zero-order valence-electron chi connectivity index (χ0n) is 11.8. The highest BCUT2D eigenvalue weighted by Gasteiger charge is 2.17. The van der Waals surface area contributed by atoms with Crippen molar-refractivity contribution < 1.29 is 4.39 Å². The van der Waals surface area contributed by atoms with E-state index in [-0.39, 0.29) is 5.82 Å². The van der Waals surface area contributed by atoms with Crippen molar-refractivity contribution in [2.45, 2.75) is 33.2 Å². The molecule has 2 nitrogen and oxygen atoms in total. The van der Waals surface area contributed by atoms with E-state index in [2.05, 4.69) is 31.1 Å². The average Bonchev–Trinajstić information content (AvgIpc) is 2.80. The van der Waals surface area contributed by atoms with Crippen LogP contribution in [0, 0.1) is 5.82 Å². The van der Waals surface area contributed by atoms with Crippen LogP contribution in [0.5, 0.6) is 0 Å². The molecule has 2 rings (SSSR count). The third-order valence-electron chi connectivity index (χ3n) is 2.97. The molecule has 0 atom stereocenters. The van der Waals surface area contributed by atoms with Crippen molar-refractivity contribution in [2.24, 2.45) is 0 Å². The van der Waals surface area contributed by atoms with Gasteiger partial charge in [-0.2, -0.15) is 0 Å². The van der Waals surface area contributed by atoms with Gasteiger partial charge in [0.25, 0.3) is 0 Å². The van der Waals surface area contributed by atoms with Crippen molar-refractivity contribution in [2.75, 3.05) is 6.54 Å². The molecule has 0 radical (unpaired) electrons. The Morgan fingerprint density at radius 3 is 2.75 bits per heavy atom. The first kappa shape index (κ1) is 15.4. The van der Waals surface area contributed by atoms with Crippen molar-refractivity contribution in [3.63, 3.8) is 0 Å². The van der Waals surface area contributed by atoms with E-state index in [4.69, 9.17) is 11.6 Å². The van der Waals surface area contributed by atoms with Crippen LogP contribution in [0.4, 0.5) is 4.39 Å². The van der Waals surface area contributed by atoms with Crippen LogP contribution in [-0.4, -0.2) is 11.5 Å². The molecule has 1 aromatic carbocycles. The number of hydrogen-bond donors (Lipinski definition) is 1. The Kier molecular flexibility index (Phi) is 5.13. The molecule has 1 heterocycles. The molecule has 0 bridgehead atoms. The normalized spacial score (nSPS) is 11.3. The number of nitrogens with one attached hydrogen (secondary N) is 1. The van der Waals surface area contributed by atoms with Gasteiger partial charge in [0.05, 0.1) is 5.69 Å². The van der Waals surface area contributed by atoms with Gasteiger partial charge in [0.2, 0.25) is 0 Å². The summed E-state index contributed by atoms with van der Waals surface area (Å²) in [4.78, 5) is 5.79. The second-order valence-corrected chi connectivity index (χ2v) is 6.41. The van der Waals surface area contributed by atoms with Crippen LogP contribution in [0.1, 0.15) is 37.3 Å². The fraction of sp³-hybridized carbons (Fsp3) is 0.400. The van der Waals surface area contributed by atoms with E-state index < -0.39 is 0 Å². The molecule has 1 N–H and O–H groups in total. The molecule has 2 aromatic rings. The third-order valence-corrected chi connectivity index (χ3v) is 4.31. The molecule has 0 amide bonds. The Labute approximate surface area is 128 Å². The Morgan fingerprint density at radius 2 is 2.15 bits per heavy atom. The zero-order valence-corrected chi connectivity index (χ0v) is 13.4. The summed E-state index contributed by atoms with van der Waals surface area (Å²) in [5.74, 6) is 0.000532. The number of benzene rings is 1. The van der Waals surface area contributed by atoms with Crippen LogP contribution < -0.4 is 5.32 Å². The first-order valence-corrected chi connectivity index (χ1v) is 7.88. The Hall–Kier alpha value is -0.970. The molecule has 108 valence electrons. The SMILES string of the molecule is CCNCc1sc(-c2ccc(Cl)cc2F)nc1C(C)C. The summed E-state index contributed by atoms with van der Waals surface area (Å²) in [7, 11) is 0. The summed E-state index contributed by atoms with van der Waals surface area (Å²) in [6.07, 6.45) is 0. The second kappa shape index (κ2) is 6.66. The molecular formula is C15H18ClFN2S. The van der Waals surface area contributed by atoms with Gasteiger partial charge in [-0.05, 0) is 30.7 Å². The van der Waals surface area contributed by atoms with Gasteiger partial charge >= 0.3 is 0 Å². The van der Waals surface area contributed by atoms with Crippen LogP contribution in [0.3, 0.4) is 0 Å². The van der Waals surface area contributed by atoms with Gasteiger partial charge in [0.1, 0.15) is 10.8 Å². The van der Waals surface area contributed by atoms with Gasteiger partial charge in [0, 0.05) is 22.0 Å². The lowest BCUT2D eigenvalue weighted by atomic mass is 10.1. The van der Waals surface area contributed by atoms with E-state index >= 15 is 0 Å². The van der Waals surface area contributed by atoms with Crippen LogP contribution >= 0.6 is 22.9 Å². The van der Waals surface area contributed by atoms with E-state index in [0.717, 1.165) is 23.8 Å². The van der Waals surface area contributed by atoms with E-state index in [9.17, 15) is 4.39 Å². The minimum Gasteiger partial charge on any atom is -0.312 e. The van der Waals surface area contributed by atoms with E-state index in [1.807, 2.05) is 0 Å². The Bertz CT molecular complexity index is 596. The van der Waals surface area contributed by atoms with Crippen LogP contribution in [0.25, 0.3) is 10.6 Å². The molecule has 0 saturated heterocycles. The maximum Gasteiger partial charge on any atom is 0.134 e. The number of rotatable bonds is 5. The second-order valence-electron chi connectivity index (χ2n) is 4.89. The molecule has 1 aromatic heterocycles. The summed E-state index contributed by atoms with van der Waals surface area (Å²) in [6, 6.07) is 4.72. The molecule has 0 aliphatic carbocycles. The fourth-order valence-electron chi connectivity index (χ4n) is 1.96. The van der Waals surface area contributed by atoms with Crippen molar-refractivity contribution in [3.8, 4) is 10.6 Å². The monoisotopic (exact) mass is 312 g/mol. The van der Waals surface area contributed by atoms with Gasteiger partial charge in [-0.3, -0.25) is 0 Å². The summed E-state index contributed by atoms with van der Waals surface area (Å²) in [5, 5.41) is 4.42. The highest BCUT2D eigenvalue weighted by Crippen LogP contribution is 2.33. The van der Waals surface area contributed by atoms with Crippen LogP contribution in [0.15, 0.2) is 18.2 Å². The lowest BCUT2D eigenvalue weighted by molar-refractivity contribution is 0.631. The van der Waals surface area contributed by atoms with E-state index in [1.54, 1.807) is 23.5 Å². The lowest BCUT2D eigenvalue weighted by Gasteiger charge is -2.04. The topological polar surface area (TPSA) is 24.9 Å². The molecule has 0 aliphatic rings. The molecule has 0 fully saturated rings. The molecule has 5 heteroatoms. The van der Waals surface area contributed by atoms with E-state index in [0.29, 0.717) is 16.5 Å². The fourth-order valence-corrected chi connectivity index (χ4v) is 3.33. The number of thiazole rings is 1. The third kappa shape index (κ3) is 3.37. The zero-order chi connectivity index (χ0) is 14.7. The highest BCUT2D eigenvalue weighted by molar-refractivity contribution is 7.15.